The van der Waals surface area contributed by atoms with Crippen LogP contribution in [0, 0.1) is 0 Å². The Labute approximate surface area is 96.8 Å². The van der Waals surface area contributed by atoms with Crippen LogP contribution in [0.25, 0.3) is 11.4 Å². The van der Waals surface area contributed by atoms with Crippen LogP contribution in [0.1, 0.15) is 12.2 Å². The van der Waals surface area contributed by atoms with Crippen molar-refractivity contribution in [2.45, 2.75) is 12.8 Å². The summed E-state index contributed by atoms with van der Waals surface area (Å²) >= 11 is 0. The van der Waals surface area contributed by atoms with Gasteiger partial charge in [-0.2, -0.15) is 0 Å². The van der Waals surface area contributed by atoms with Crippen LogP contribution in [0.5, 0.6) is 0 Å². The van der Waals surface area contributed by atoms with Crippen LogP contribution in [0.3, 0.4) is 0 Å². The van der Waals surface area contributed by atoms with Crippen LogP contribution in [0.15, 0.2) is 23.0 Å². The average Bonchev–Trinajstić information content (AvgIpc) is 2.90. The van der Waals surface area contributed by atoms with E-state index in [2.05, 4.69) is 25.1 Å². The van der Waals surface area contributed by atoms with Gasteiger partial charge in [0.1, 0.15) is 6.26 Å². The number of aryl methyl sites for hydroxylation is 1. The molecule has 2 aromatic rings. The van der Waals surface area contributed by atoms with Gasteiger partial charge in [0.15, 0.2) is 5.82 Å². The normalized spacial score (nSPS) is 10.2. The van der Waals surface area contributed by atoms with Gasteiger partial charge in [-0.1, -0.05) is 0 Å². The Morgan fingerprint density at radius 3 is 2.71 bits per heavy atom. The first-order valence-electron chi connectivity index (χ1n) is 4.95. The van der Waals surface area contributed by atoms with Gasteiger partial charge >= 0.3 is 5.97 Å². The van der Waals surface area contributed by atoms with E-state index in [1.165, 1.54) is 19.6 Å². The Bertz CT molecular complexity index is 481. The first-order valence-corrected chi connectivity index (χ1v) is 4.95. The Morgan fingerprint density at radius 2 is 2.12 bits per heavy atom. The van der Waals surface area contributed by atoms with E-state index in [4.69, 9.17) is 4.42 Å². The molecule has 0 aliphatic heterocycles. The minimum Gasteiger partial charge on any atom is -0.472 e. The van der Waals surface area contributed by atoms with Crippen molar-refractivity contribution < 1.29 is 13.9 Å². The molecule has 0 aliphatic carbocycles. The van der Waals surface area contributed by atoms with E-state index >= 15 is 0 Å². The van der Waals surface area contributed by atoms with Gasteiger partial charge in [-0.05, 0) is 6.07 Å². The van der Waals surface area contributed by atoms with Gasteiger partial charge < -0.3 is 9.15 Å². The zero-order chi connectivity index (χ0) is 12.1. The molecule has 2 rings (SSSR count). The van der Waals surface area contributed by atoms with Crippen molar-refractivity contribution in [2.75, 3.05) is 7.11 Å². The number of nitrogens with zero attached hydrogens (tertiary/aromatic N) is 4. The van der Waals surface area contributed by atoms with E-state index in [1.54, 1.807) is 6.07 Å². The second-order valence-electron chi connectivity index (χ2n) is 3.23. The lowest BCUT2D eigenvalue weighted by molar-refractivity contribution is -0.140. The van der Waals surface area contributed by atoms with Crippen LogP contribution in [0.4, 0.5) is 0 Å². The monoisotopic (exact) mass is 234 g/mol. The molecule has 0 unspecified atom stereocenters. The fourth-order valence-corrected chi connectivity index (χ4v) is 1.17. The number of ether oxygens (including phenoxy) is 1. The SMILES string of the molecule is COC(=O)CCc1nnc(-c2ccoc2)nn1. The van der Waals surface area contributed by atoms with E-state index in [-0.39, 0.29) is 12.4 Å². The Hall–Kier alpha value is -2.31. The molecule has 0 bridgehead atoms. The number of methoxy groups -OCH3 is 1. The lowest BCUT2D eigenvalue weighted by atomic mass is 10.3. The molecule has 0 saturated heterocycles. The zero-order valence-corrected chi connectivity index (χ0v) is 9.16. The predicted molar refractivity (Wildman–Crippen MR) is 55.7 cm³/mol. The van der Waals surface area contributed by atoms with E-state index in [1.807, 2.05) is 0 Å². The smallest absolute Gasteiger partial charge is 0.305 e. The minimum atomic E-state index is -0.312. The summed E-state index contributed by atoms with van der Waals surface area (Å²) < 4.78 is 9.40. The van der Waals surface area contributed by atoms with Crippen molar-refractivity contribution in [2.24, 2.45) is 0 Å². The van der Waals surface area contributed by atoms with Gasteiger partial charge in [-0.3, -0.25) is 4.79 Å². The largest absolute Gasteiger partial charge is 0.472 e. The number of hydrogen-bond donors (Lipinski definition) is 0. The summed E-state index contributed by atoms with van der Waals surface area (Å²) in [5.74, 6) is 0.482. The number of rotatable bonds is 4. The molecule has 0 amide bonds. The van der Waals surface area contributed by atoms with Crippen molar-refractivity contribution in [1.29, 1.82) is 0 Å². The first-order chi connectivity index (χ1) is 8.29. The van der Waals surface area contributed by atoms with E-state index in [0.29, 0.717) is 23.6 Å². The predicted octanol–water partition coefficient (Wildman–Crippen LogP) is 0.632. The molecule has 0 N–H and O–H groups in total. The molecule has 7 nitrogen and oxygen atoms in total. The highest BCUT2D eigenvalue weighted by molar-refractivity contribution is 5.69. The highest BCUT2D eigenvalue weighted by atomic mass is 16.5. The van der Waals surface area contributed by atoms with Crippen LogP contribution in [-0.2, 0) is 16.0 Å². The molecule has 0 fully saturated rings. The Balaban J connectivity index is 2.01. The molecule has 0 aromatic carbocycles. The number of aromatic nitrogens is 4. The molecule has 0 saturated carbocycles. The van der Waals surface area contributed by atoms with Crippen molar-refractivity contribution in [1.82, 2.24) is 20.4 Å². The maximum atomic E-state index is 10.9. The fraction of sp³-hybridized carbons (Fsp3) is 0.300. The van der Waals surface area contributed by atoms with Crippen molar-refractivity contribution in [3.05, 3.63) is 24.4 Å². The molecule has 2 heterocycles. The standard InChI is InChI=1S/C10H10N4O3/c1-16-9(15)3-2-8-11-13-10(14-12-8)7-4-5-17-6-7/h4-6H,2-3H2,1H3. The van der Waals surface area contributed by atoms with Gasteiger partial charge in [-0.25, -0.2) is 0 Å². The summed E-state index contributed by atoms with van der Waals surface area (Å²) in [6.45, 7) is 0. The summed E-state index contributed by atoms with van der Waals surface area (Å²) in [5.41, 5.74) is 0.713. The summed E-state index contributed by atoms with van der Waals surface area (Å²) in [4.78, 5) is 10.9. The van der Waals surface area contributed by atoms with Gasteiger partial charge in [0.25, 0.3) is 0 Å². The zero-order valence-electron chi connectivity index (χ0n) is 9.16. The van der Waals surface area contributed by atoms with Crippen LogP contribution < -0.4 is 0 Å². The van der Waals surface area contributed by atoms with Crippen LogP contribution >= 0.6 is 0 Å². The second-order valence-corrected chi connectivity index (χ2v) is 3.23. The van der Waals surface area contributed by atoms with E-state index in [0.717, 1.165) is 0 Å². The highest BCUT2D eigenvalue weighted by Crippen LogP contribution is 2.12. The maximum Gasteiger partial charge on any atom is 0.305 e. The quantitative estimate of drug-likeness (QED) is 0.716. The van der Waals surface area contributed by atoms with Crippen LogP contribution in [-0.4, -0.2) is 33.5 Å². The molecule has 0 atom stereocenters. The number of hydrogen-bond acceptors (Lipinski definition) is 7. The molecular formula is C10H10N4O3. The van der Waals surface area contributed by atoms with E-state index < -0.39 is 0 Å². The molecular weight excluding hydrogens is 224 g/mol. The maximum absolute atomic E-state index is 10.9. The lowest BCUT2D eigenvalue weighted by Gasteiger charge is -1.98. The summed E-state index contributed by atoms with van der Waals surface area (Å²) in [6.07, 6.45) is 3.60. The molecule has 17 heavy (non-hydrogen) atoms. The van der Waals surface area contributed by atoms with Gasteiger partial charge in [-0.15, -0.1) is 20.4 Å². The number of carbonyl (C=O) groups excluding carboxylic acids is 1. The second kappa shape index (κ2) is 5.15. The Kier molecular flexibility index (Phi) is 3.39. The number of carbonyl (C=O) groups is 1. The van der Waals surface area contributed by atoms with Gasteiger partial charge in [0.05, 0.1) is 25.4 Å². The lowest BCUT2D eigenvalue weighted by Crippen LogP contribution is -2.07. The molecule has 0 aliphatic rings. The van der Waals surface area contributed by atoms with Crippen molar-refractivity contribution in [3.8, 4) is 11.4 Å². The average molecular weight is 234 g/mol. The van der Waals surface area contributed by atoms with E-state index in [9.17, 15) is 4.79 Å². The van der Waals surface area contributed by atoms with Crippen molar-refractivity contribution in [3.63, 3.8) is 0 Å². The molecule has 2 aromatic heterocycles. The summed E-state index contributed by atoms with van der Waals surface area (Å²) in [5, 5.41) is 15.5. The molecule has 88 valence electrons. The topological polar surface area (TPSA) is 91.0 Å². The Morgan fingerprint density at radius 1 is 1.35 bits per heavy atom. The number of esters is 1. The van der Waals surface area contributed by atoms with Gasteiger partial charge in [0, 0.05) is 6.42 Å². The van der Waals surface area contributed by atoms with Crippen molar-refractivity contribution >= 4 is 5.97 Å². The molecule has 7 heteroatoms. The highest BCUT2D eigenvalue weighted by Gasteiger charge is 2.07. The summed E-state index contributed by atoms with van der Waals surface area (Å²) in [6, 6.07) is 1.72. The summed E-state index contributed by atoms with van der Waals surface area (Å²) in [7, 11) is 1.34. The van der Waals surface area contributed by atoms with Crippen LogP contribution in [0.2, 0.25) is 0 Å². The third kappa shape index (κ3) is 2.83. The molecule has 0 spiro atoms. The molecule has 0 radical (unpaired) electrons. The third-order valence-electron chi connectivity index (χ3n) is 2.08. The fourth-order valence-electron chi connectivity index (χ4n) is 1.17. The first kappa shape index (κ1) is 11.2. The number of furan rings is 1. The minimum absolute atomic E-state index is 0.213. The van der Waals surface area contributed by atoms with Gasteiger partial charge in [0.2, 0.25) is 5.82 Å². The third-order valence-corrected chi connectivity index (χ3v) is 2.08.